The fourth-order valence-electron chi connectivity index (χ4n) is 3.26. The summed E-state index contributed by atoms with van der Waals surface area (Å²) in [5.41, 5.74) is 2.15. The molecular formula is C21H23F3N8O. The van der Waals surface area contributed by atoms with Crippen LogP contribution < -0.4 is 16.0 Å². The molecule has 3 aromatic rings. The van der Waals surface area contributed by atoms with Gasteiger partial charge < -0.3 is 21.4 Å². The van der Waals surface area contributed by atoms with Gasteiger partial charge in [-0.3, -0.25) is 5.10 Å². The number of amides is 2. The van der Waals surface area contributed by atoms with E-state index in [2.05, 4.69) is 36.1 Å². The van der Waals surface area contributed by atoms with Crippen molar-refractivity contribution < 1.29 is 18.0 Å². The van der Waals surface area contributed by atoms with Crippen LogP contribution in [0.4, 0.5) is 23.9 Å². The van der Waals surface area contributed by atoms with Crippen LogP contribution >= 0.6 is 0 Å². The minimum Gasteiger partial charge on any atom is -0.352 e. The third kappa shape index (κ3) is 6.05. The molecule has 3 rings (SSSR count). The average molecular weight is 460 g/mol. The normalized spacial score (nSPS) is 11.7. The summed E-state index contributed by atoms with van der Waals surface area (Å²) in [7, 11) is 0. The van der Waals surface area contributed by atoms with Crippen molar-refractivity contribution >= 4 is 18.2 Å². The SMILES string of the molecule is Cc1n[nH]c(C)c1-c1nc(NCCNC(=O)N[C@@H](CC=N)c2cc(F)cc(F)c2)ncc1F. The summed E-state index contributed by atoms with van der Waals surface area (Å²) in [5, 5.41) is 22.2. The third-order valence-electron chi connectivity index (χ3n) is 4.75. The molecule has 12 heteroatoms. The molecule has 0 spiro atoms. The lowest BCUT2D eigenvalue weighted by Crippen LogP contribution is -2.40. The molecule has 5 N–H and O–H groups in total. The molecule has 0 saturated heterocycles. The van der Waals surface area contributed by atoms with Gasteiger partial charge in [0.15, 0.2) is 5.82 Å². The standard InChI is InChI=1S/C21H23F3N8O/c1-11-18(12(2)32-31-11)19-16(24)10-28-20(30-19)26-5-6-27-21(33)29-17(3-4-25)13-7-14(22)9-15(23)8-13/h4,7-10,17,25H,3,5-6H2,1-2H3,(H,31,32)(H,26,28,30)(H2,27,29,33)/t17-/m0/s1. The zero-order chi connectivity index (χ0) is 24.0. The minimum absolute atomic E-state index is 0.0631. The van der Waals surface area contributed by atoms with Gasteiger partial charge in [0.05, 0.1) is 17.9 Å². The zero-order valence-electron chi connectivity index (χ0n) is 18.0. The molecule has 1 aromatic carbocycles. The van der Waals surface area contributed by atoms with E-state index in [-0.39, 0.29) is 36.7 Å². The highest BCUT2D eigenvalue weighted by Gasteiger charge is 2.17. The molecule has 9 nitrogen and oxygen atoms in total. The van der Waals surface area contributed by atoms with Crippen molar-refractivity contribution in [3.63, 3.8) is 0 Å². The summed E-state index contributed by atoms with van der Waals surface area (Å²) >= 11 is 0. The van der Waals surface area contributed by atoms with Crippen molar-refractivity contribution in [2.45, 2.75) is 26.3 Å². The molecule has 0 bridgehead atoms. The Labute approximate surface area is 187 Å². The van der Waals surface area contributed by atoms with Crippen molar-refractivity contribution in [2.75, 3.05) is 18.4 Å². The van der Waals surface area contributed by atoms with Gasteiger partial charge in [-0.2, -0.15) is 5.10 Å². The van der Waals surface area contributed by atoms with E-state index in [0.29, 0.717) is 17.0 Å². The Morgan fingerprint density at radius 3 is 2.55 bits per heavy atom. The van der Waals surface area contributed by atoms with E-state index >= 15 is 0 Å². The lowest BCUT2D eigenvalue weighted by atomic mass is 10.0. The molecule has 0 aliphatic heterocycles. The second-order valence-electron chi connectivity index (χ2n) is 7.22. The second-order valence-corrected chi connectivity index (χ2v) is 7.22. The van der Waals surface area contributed by atoms with Crippen LogP contribution in [0.1, 0.15) is 29.4 Å². The van der Waals surface area contributed by atoms with Crippen molar-refractivity contribution in [1.82, 2.24) is 30.8 Å². The molecular weight excluding hydrogens is 437 g/mol. The van der Waals surface area contributed by atoms with E-state index in [0.717, 1.165) is 30.6 Å². The van der Waals surface area contributed by atoms with Crippen molar-refractivity contribution in [2.24, 2.45) is 0 Å². The number of hydrogen-bond donors (Lipinski definition) is 5. The summed E-state index contributed by atoms with van der Waals surface area (Å²) in [4.78, 5) is 20.3. The van der Waals surface area contributed by atoms with E-state index in [1.807, 2.05) is 0 Å². The first-order chi connectivity index (χ1) is 15.8. The van der Waals surface area contributed by atoms with Gasteiger partial charge in [0, 0.05) is 36.8 Å². The Morgan fingerprint density at radius 2 is 1.91 bits per heavy atom. The first-order valence-corrected chi connectivity index (χ1v) is 10.1. The van der Waals surface area contributed by atoms with Crippen LogP contribution in [0.3, 0.4) is 0 Å². The predicted molar refractivity (Wildman–Crippen MR) is 117 cm³/mol. The number of hydrogen-bond acceptors (Lipinski definition) is 6. The van der Waals surface area contributed by atoms with Gasteiger partial charge in [0.1, 0.15) is 17.3 Å². The van der Waals surface area contributed by atoms with Gasteiger partial charge in [-0.1, -0.05) is 0 Å². The predicted octanol–water partition coefficient (Wildman–Crippen LogP) is 3.39. The Kier molecular flexibility index (Phi) is 7.59. The first-order valence-electron chi connectivity index (χ1n) is 10.1. The average Bonchev–Trinajstić information content (AvgIpc) is 3.09. The lowest BCUT2D eigenvalue weighted by Gasteiger charge is -2.18. The van der Waals surface area contributed by atoms with E-state index < -0.39 is 29.5 Å². The molecule has 1 atom stereocenters. The number of H-pyrrole nitrogens is 1. The van der Waals surface area contributed by atoms with Gasteiger partial charge in [-0.05, 0) is 37.8 Å². The summed E-state index contributed by atoms with van der Waals surface area (Å²) in [6.45, 7) is 3.88. The van der Waals surface area contributed by atoms with Crippen LogP contribution in [0.25, 0.3) is 11.3 Å². The fraction of sp³-hybridized carbons (Fsp3) is 0.286. The van der Waals surface area contributed by atoms with Crippen LogP contribution in [0.2, 0.25) is 0 Å². The highest BCUT2D eigenvalue weighted by Crippen LogP contribution is 2.26. The van der Waals surface area contributed by atoms with Gasteiger partial charge in [0.25, 0.3) is 0 Å². The van der Waals surface area contributed by atoms with Gasteiger partial charge >= 0.3 is 6.03 Å². The molecule has 174 valence electrons. The number of urea groups is 1. The van der Waals surface area contributed by atoms with Crippen molar-refractivity contribution in [3.05, 3.63) is 58.8 Å². The highest BCUT2D eigenvalue weighted by molar-refractivity contribution is 5.75. The molecule has 2 aromatic heterocycles. The first kappa shape index (κ1) is 23.7. The second kappa shape index (κ2) is 10.6. The van der Waals surface area contributed by atoms with Crippen LogP contribution in [0.5, 0.6) is 0 Å². The number of carbonyl (C=O) groups excluding carboxylic acids is 1. The maximum atomic E-state index is 14.2. The number of nitrogens with zero attached hydrogens (tertiary/aromatic N) is 3. The van der Waals surface area contributed by atoms with Crippen molar-refractivity contribution in [3.8, 4) is 11.3 Å². The number of benzene rings is 1. The Hall–Kier alpha value is -3.96. The van der Waals surface area contributed by atoms with Crippen LogP contribution in [-0.2, 0) is 0 Å². The molecule has 0 saturated carbocycles. The maximum absolute atomic E-state index is 14.2. The molecule has 2 amide bonds. The smallest absolute Gasteiger partial charge is 0.315 e. The Morgan fingerprint density at radius 1 is 1.18 bits per heavy atom. The number of carbonyl (C=O) groups is 1. The lowest BCUT2D eigenvalue weighted by molar-refractivity contribution is 0.237. The molecule has 33 heavy (non-hydrogen) atoms. The summed E-state index contributed by atoms with van der Waals surface area (Å²) in [6, 6.07) is 1.58. The van der Waals surface area contributed by atoms with E-state index in [1.165, 1.54) is 0 Å². The van der Waals surface area contributed by atoms with Gasteiger partial charge in [0.2, 0.25) is 5.95 Å². The number of aromatic amines is 1. The van der Waals surface area contributed by atoms with Crippen LogP contribution in [-0.4, -0.2) is 45.5 Å². The number of nitrogens with one attached hydrogen (secondary N) is 5. The van der Waals surface area contributed by atoms with Crippen LogP contribution in [0, 0.1) is 36.7 Å². The quantitative estimate of drug-likeness (QED) is 0.247. The molecule has 0 aliphatic rings. The number of aryl methyl sites for hydroxylation is 2. The highest BCUT2D eigenvalue weighted by atomic mass is 19.1. The maximum Gasteiger partial charge on any atom is 0.315 e. The monoisotopic (exact) mass is 460 g/mol. The summed E-state index contributed by atoms with van der Waals surface area (Å²) < 4.78 is 41.2. The van der Waals surface area contributed by atoms with E-state index in [4.69, 9.17) is 5.41 Å². The molecule has 2 heterocycles. The summed E-state index contributed by atoms with van der Waals surface area (Å²) in [5.74, 6) is -1.96. The third-order valence-corrected chi connectivity index (χ3v) is 4.75. The number of aromatic nitrogens is 4. The Bertz CT molecular complexity index is 1110. The summed E-state index contributed by atoms with van der Waals surface area (Å²) in [6.07, 6.45) is 2.16. The van der Waals surface area contributed by atoms with Crippen molar-refractivity contribution in [1.29, 1.82) is 5.41 Å². The topological polar surface area (TPSA) is 131 Å². The van der Waals surface area contributed by atoms with E-state index in [1.54, 1.807) is 13.8 Å². The molecule has 0 fully saturated rings. The molecule has 0 aliphatic carbocycles. The molecule has 0 unspecified atom stereocenters. The number of halogens is 3. The fourth-order valence-corrected chi connectivity index (χ4v) is 3.26. The zero-order valence-corrected chi connectivity index (χ0v) is 18.0. The molecule has 0 radical (unpaired) electrons. The Balaban J connectivity index is 1.55. The van der Waals surface area contributed by atoms with Gasteiger partial charge in [-0.15, -0.1) is 0 Å². The largest absolute Gasteiger partial charge is 0.352 e. The van der Waals surface area contributed by atoms with E-state index in [9.17, 15) is 18.0 Å². The minimum atomic E-state index is -0.773. The van der Waals surface area contributed by atoms with Gasteiger partial charge in [-0.25, -0.2) is 27.9 Å². The number of rotatable bonds is 9. The number of anilines is 1. The van der Waals surface area contributed by atoms with Crippen LogP contribution in [0.15, 0.2) is 24.4 Å².